The standard InChI is InChI=1S/C45H45N3O2.Pt/c1-44(2,3)34-24-31(43-47-39(29-49-43)30-14-8-6-9-15-30)25-36(26-34)50-35-20-21-38-37-18-12-13-19-40(37)48(41(38)28-35)42-27-33(22-23-46-42)45(4,5)32-16-10-7-11-17-32;/h7,10-13,16-24,26-27,30,39H,6,8-9,14-15,29H2,1-5H3;/q-2;+2/t39-;/m0./s1. The van der Waals surface area contributed by atoms with Crippen LogP contribution in [0.5, 0.6) is 11.5 Å². The van der Waals surface area contributed by atoms with Gasteiger partial charge in [0.15, 0.2) is 0 Å². The van der Waals surface area contributed by atoms with E-state index < -0.39 is 0 Å². The third kappa shape index (κ3) is 6.90. The normalized spacial score (nSPS) is 16.9. The van der Waals surface area contributed by atoms with Crippen molar-refractivity contribution in [2.24, 2.45) is 10.9 Å². The summed E-state index contributed by atoms with van der Waals surface area (Å²) >= 11 is 0. The molecule has 3 heterocycles. The Kier molecular flexibility index (Phi) is 9.71. The second-order valence-corrected chi connectivity index (χ2v) is 15.5. The number of benzene rings is 4. The molecule has 0 unspecified atom stereocenters. The molecule has 2 aliphatic rings. The third-order valence-corrected chi connectivity index (χ3v) is 10.8. The van der Waals surface area contributed by atoms with E-state index in [1.807, 2.05) is 12.3 Å². The van der Waals surface area contributed by atoms with Crippen LogP contribution < -0.4 is 4.74 Å². The zero-order chi connectivity index (χ0) is 34.5. The summed E-state index contributed by atoms with van der Waals surface area (Å²) < 4.78 is 15.1. The van der Waals surface area contributed by atoms with Crippen LogP contribution in [0.1, 0.15) is 89.0 Å². The van der Waals surface area contributed by atoms with Gasteiger partial charge in [-0.05, 0) is 58.9 Å². The van der Waals surface area contributed by atoms with E-state index in [0.717, 1.165) is 38.8 Å². The van der Waals surface area contributed by atoms with Crippen LogP contribution in [0.2, 0.25) is 0 Å². The number of hydrogen-bond donors (Lipinski definition) is 0. The number of para-hydroxylation sites is 1. The fourth-order valence-corrected chi connectivity index (χ4v) is 7.68. The van der Waals surface area contributed by atoms with Crippen molar-refractivity contribution in [1.82, 2.24) is 9.55 Å². The molecule has 0 N–H and O–H groups in total. The van der Waals surface area contributed by atoms with Gasteiger partial charge in [-0.3, -0.25) is 4.99 Å². The summed E-state index contributed by atoms with van der Waals surface area (Å²) in [6.07, 6.45) is 8.32. The number of hydrogen-bond acceptors (Lipinski definition) is 4. The average molecular weight is 855 g/mol. The maximum Gasteiger partial charge on any atom is 2.00 e. The van der Waals surface area contributed by atoms with Gasteiger partial charge in [0, 0.05) is 28.6 Å². The minimum absolute atomic E-state index is 0. The van der Waals surface area contributed by atoms with Gasteiger partial charge in [-0.1, -0.05) is 126 Å². The van der Waals surface area contributed by atoms with Gasteiger partial charge in [0.25, 0.3) is 0 Å². The molecule has 262 valence electrons. The van der Waals surface area contributed by atoms with Crippen LogP contribution in [0, 0.1) is 18.1 Å². The zero-order valence-corrected chi connectivity index (χ0v) is 32.4. The monoisotopic (exact) mass is 854 g/mol. The van der Waals surface area contributed by atoms with Crippen LogP contribution in [0.25, 0.3) is 27.6 Å². The molecular weight excluding hydrogens is 810 g/mol. The summed E-state index contributed by atoms with van der Waals surface area (Å²) in [5, 5.41) is 2.24. The Hall–Kier alpha value is -4.21. The molecule has 8 rings (SSSR count). The summed E-state index contributed by atoms with van der Waals surface area (Å²) in [4.78, 5) is 10.0. The number of ether oxygens (including phenoxy) is 2. The number of aromatic nitrogens is 2. The molecule has 5 nitrogen and oxygen atoms in total. The molecule has 1 atom stereocenters. The Morgan fingerprint density at radius 2 is 1.51 bits per heavy atom. The van der Waals surface area contributed by atoms with Gasteiger partial charge in [0.1, 0.15) is 11.7 Å². The maximum atomic E-state index is 6.63. The van der Waals surface area contributed by atoms with E-state index in [1.165, 1.54) is 43.2 Å². The molecule has 1 aliphatic heterocycles. The first kappa shape index (κ1) is 35.2. The molecule has 0 bridgehead atoms. The minimum atomic E-state index is -0.203. The van der Waals surface area contributed by atoms with Crippen molar-refractivity contribution in [3.8, 4) is 17.3 Å². The summed E-state index contributed by atoms with van der Waals surface area (Å²) in [6, 6.07) is 39.2. The van der Waals surface area contributed by atoms with Gasteiger partial charge in [0.05, 0.1) is 12.6 Å². The molecule has 2 aromatic heterocycles. The predicted octanol–water partition coefficient (Wildman–Crippen LogP) is 10.9. The smallest absolute Gasteiger partial charge is 0.518 e. The van der Waals surface area contributed by atoms with Gasteiger partial charge in [-0.2, -0.15) is 6.07 Å². The topological polar surface area (TPSA) is 48.6 Å². The molecule has 1 aliphatic carbocycles. The van der Waals surface area contributed by atoms with Crippen molar-refractivity contribution in [3.05, 3.63) is 132 Å². The third-order valence-electron chi connectivity index (χ3n) is 10.8. The van der Waals surface area contributed by atoms with Gasteiger partial charge in [-0.25, -0.2) is 4.98 Å². The average Bonchev–Trinajstić information content (AvgIpc) is 3.76. The van der Waals surface area contributed by atoms with Crippen molar-refractivity contribution in [2.45, 2.75) is 83.6 Å². The second kappa shape index (κ2) is 14.1. The van der Waals surface area contributed by atoms with Crippen LogP contribution in [0.4, 0.5) is 0 Å². The number of rotatable bonds is 7. The summed E-state index contributed by atoms with van der Waals surface area (Å²) in [5.41, 5.74) is 6.12. The van der Waals surface area contributed by atoms with Crippen molar-refractivity contribution in [2.75, 3.05) is 6.61 Å². The van der Waals surface area contributed by atoms with Crippen molar-refractivity contribution >= 4 is 27.7 Å². The van der Waals surface area contributed by atoms with Crippen LogP contribution in [0.15, 0.2) is 102 Å². The van der Waals surface area contributed by atoms with Crippen molar-refractivity contribution in [1.29, 1.82) is 0 Å². The fraction of sp³-hybridized carbons (Fsp3) is 0.333. The summed E-state index contributed by atoms with van der Waals surface area (Å²) in [7, 11) is 0. The maximum absolute atomic E-state index is 6.63. The van der Waals surface area contributed by atoms with Gasteiger partial charge in [-0.15, -0.1) is 29.1 Å². The van der Waals surface area contributed by atoms with Crippen LogP contribution in [0.3, 0.4) is 0 Å². The Bertz CT molecular complexity index is 2210. The first-order chi connectivity index (χ1) is 24.1. The molecule has 4 aromatic carbocycles. The molecular formula is C45H45N3O2Pt. The van der Waals surface area contributed by atoms with E-state index in [9.17, 15) is 0 Å². The zero-order valence-electron chi connectivity index (χ0n) is 30.1. The first-order valence-corrected chi connectivity index (χ1v) is 18.1. The van der Waals surface area contributed by atoms with Gasteiger partial charge < -0.3 is 14.0 Å². The Morgan fingerprint density at radius 1 is 0.745 bits per heavy atom. The molecule has 0 spiro atoms. The molecule has 1 fully saturated rings. The molecule has 6 heteroatoms. The Balaban J connectivity index is 0.00000406. The van der Waals surface area contributed by atoms with Crippen LogP contribution in [-0.4, -0.2) is 28.1 Å². The quantitative estimate of drug-likeness (QED) is 0.150. The SMILES string of the molecule is CC(C)(C)c1cc(Oc2[c-]c3c(cc2)c2ccccc2n3-c2cc(C(C)(C)c3ccccc3)ccn2)[c-]c(C2=N[C@H](C3CCCCC3)CO2)c1.[Pt+2]. The number of fused-ring (bicyclic) bond motifs is 3. The van der Waals surface area contributed by atoms with E-state index in [2.05, 4.69) is 136 Å². The summed E-state index contributed by atoms with van der Waals surface area (Å²) in [5.74, 6) is 3.38. The van der Waals surface area contributed by atoms with Crippen molar-refractivity contribution < 1.29 is 30.5 Å². The van der Waals surface area contributed by atoms with Crippen LogP contribution in [-0.2, 0) is 36.6 Å². The fourth-order valence-electron chi connectivity index (χ4n) is 7.68. The molecule has 6 aromatic rings. The van der Waals surface area contributed by atoms with Crippen molar-refractivity contribution in [3.63, 3.8) is 0 Å². The van der Waals surface area contributed by atoms with E-state index in [1.54, 1.807) is 0 Å². The largest absolute Gasteiger partial charge is 2.00 e. The Labute approximate surface area is 316 Å². The first-order valence-electron chi connectivity index (χ1n) is 18.1. The van der Waals surface area contributed by atoms with E-state index in [0.29, 0.717) is 29.9 Å². The number of nitrogens with zero attached hydrogens (tertiary/aromatic N) is 3. The number of pyridine rings is 1. The van der Waals surface area contributed by atoms with E-state index in [-0.39, 0.29) is 37.9 Å². The Morgan fingerprint density at radius 3 is 2.29 bits per heavy atom. The molecule has 0 radical (unpaired) electrons. The molecule has 51 heavy (non-hydrogen) atoms. The predicted molar refractivity (Wildman–Crippen MR) is 203 cm³/mol. The second-order valence-electron chi connectivity index (χ2n) is 15.5. The van der Waals surface area contributed by atoms with Crippen LogP contribution >= 0.6 is 0 Å². The van der Waals surface area contributed by atoms with E-state index >= 15 is 0 Å². The van der Waals surface area contributed by atoms with Gasteiger partial charge in [0.2, 0.25) is 0 Å². The summed E-state index contributed by atoms with van der Waals surface area (Å²) in [6.45, 7) is 11.8. The molecule has 1 saturated carbocycles. The van der Waals surface area contributed by atoms with Gasteiger partial charge >= 0.3 is 21.1 Å². The molecule has 0 saturated heterocycles. The van der Waals surface area contributed by atoms with E-state index in [4.69, 9.17) is 19.5 Å². The minimum Gasteiger partial charge on any atom is -0.518 e. The number of aliphatic imine (C=N–C) groups is 1. The molecule has 0 amide bonds.